The Labute approximate surface area is 112 Å². The van der Waals surface area contributed by atoms with Gasteiger partial charge in [-0.05, 0) is 27.2 Å². The van der Waals surface area contributed by atoms with Gasteiger partial charge in [-0.1, -0.05) is 25.7 Å². The standard InChI is InChI=1S/C12H20INO2/c1-6-10(2)8-7-9-14(13)11(15)16-12(3,4)5/h10H,6,9H2,1-5H3. The summed E-state index contributed by atoms with van der Waals surface area (Å²) in [6, 6.07) is 0. The van der Waals surface area contributed by atoms with E-state index in [9.17, 15) is 4.79 Å². The van der Waals surface area contributed by atoms with Crippen LogP contribution in [0.3, 0.4) is 0 Å². The molecule has 0 aromatic rings. The molecule has 0 aliphatic heterocycles. The fourth-order valence-electron chi connectivity index (χ4n) is 0.767. The number of halogens is 1. The zero-order valence-corrected chi connectivity index (χ0v) is 12.8. The Morgan fingerprint density at radius 1 is 1.50 bits per heavy atom. The molecule has 0 saturated carbocycles. The molecule has 0 bridgehead atoms. The Kier molecular flexibility index (Phi) is 6.81. The highest BCUT2D eigenvalue weighted by Gasteiger charge is 2.19. The normalized spacial score (nSPS) is 12.4. The average molecular weight is 337 g/mol. The van der Waals surface area contributed by atoms with Crippen LogP contribution in [0.25, 0.3) is 0 Å². The van der Waals surface area contributed by atoms with E-state index in [-0.39, 0.29) is 6.09 Å². The Morgan fingerprint density at radius 3 is 2.50 bits per heavy atom. The van der Waals surface area contributed by atoms with Gasteiger partial charge in [0, 0.05) is 5.92 Å². The number of ether oxygens (including phenoxy) is 1. The van der Waals surface area contributed by atoms with Gasteiger partial charge >= 0.3 is 6.09 Å². The topological polar surface area (TPSA) is 29.5 Å². The van der Waals surface area contributed by atoms with E-state index in [1.165, 1.54) is 3.11 Å². The average Bonchev–Trinajstić information content (AvgIpc) is 2.14. The highest BCUT2D eigenvalue weighted by atomic mass is 127. The first-order valence-electron chi connectivity index (χ1n) is 5.41. The number of carbonyl (C=O) groups excluding carboxylic acids is 1. The molecule has 1 amide bonds. The van der Waals surface area contributed by atoms with Crippen LogP contribution in [0.2, 0.25) is 0 Å². The van der Waals surface area contributed by atoms with Crippen LogP contribution in [-0.2, 0) is 4.74 Å². The molecular weight excluding hydrogens is 317 g/mol. The number of amides is 1. The van der Waals surface area contributed by atoms with Crippen LogP contribution in [0.5, 0.6) is 0 Å². The van der Waals surface area contributed by atoms with Gasteiger partial charge in [0.2, 0.25) is 0 Å². The quantitative estimate of drug-likeness (QED) is 0.438. The van der Waals surface area contributed by atoms with E-state index in [2.05, 4.69) is 25.7 Å². The summed E-state index contributed by atoms with van der Waals surface area (Å²) in [5.41, 5.74) is -0.454. The Bertz CT molecular complexity index is 286. The van der Waals surface area contributed by atoms with Gasteiger partial charge in [0.05, 0.1) is 29.4 Å². The van der Waals surface area contributed by atoms with E-state index in [0.717, 1.165) is 6.42 Å². The molecule has 0 aliphatic rings. The third kappa shape index (κ3) is 7.80. The maximum absolute atomic E-state index is 11.5. The van der Waals surface area contributed by atoms with Crippen molar-refractivity contribution in [3.8, 4) is 11.8 Å². The molecule has 0 fully saturated rings. The minimum absolute atomic E-state index is 0.341. The predicted octanol–water partition coefficient (Wildman–Crippen LogP) is 3.62. The molecule has 0 aromatic carbocycles. The Balaban J connectivity index is 4.10. The molecule has 16 heavy (non-hydrogen) atoms. The largest absolute Gasteiger partial charge is 0.443 e. The fourth-order valence-corrected chi connectivity index (χ4v) is 1.04. The molecule has 0 spiro atoms. The number of nitrogens with zero attached hydrogens (tertiary/aromatic N) is 1. The van der Waals surface area contributed by atoms with Gasteiger partial charge in [0.25, 0.3) is 0 Å². The molecule has 0 N–H and O–H groups in total. The summed E-state index contributed by atoms with van der Waals surface area (Å²) < 4.78 is 6.65. The lowest BCUT2D eigenvalue weighted by atomic mass is 10.1. The summed E-state index contributed by atoms with van der Waals surface area (Å²) in [5, 5.41) is 0. The minimum Gasteiger partial charge on any atom is -0.443 e. The molecule has 3 nitrogen and oxygen atoms in total. The fraction of sp³-hybridized carbons (Fsp3) is 0.750. The van der Waals surface area contributed by atoms with E-state index in [4.69, 9.17) is 4.74 Å². The Morgan fingerprint density at radius 2 is 2.06 bits per heavy atom. The smallest absolute Gasteiger partial charge is 0.420 e. The summed E-state index contributed by atoms with van der Waals surface area (Å²) in [6.45, 7) is 10.1. The van der Waals surface area contributed by atoms with Gasteiger partial charge in [-0.3, -0.25) is 0 Å². The third-order valence-corrected chi connectivity index (χ3v) is 2.51. The van der Waals surface area contributed by atoms with Crippen molar-refractivity contribution in [1.82, 2.24) is 3.11 Å². The first-order valence-corrected chi connectivity index (χ1v) is 6.37. The van der Waals surface area contributed by atoms with Gasteiger partial charge in [-0.15, -0.1) is 0 Å². The zero-order chi connectivity index (χ0) is 12.8. The van der Waals surface area contributed by atoms with Crippen LogP contribution < -0.4 is 0 Å². The first kappa shape index (κ1) is 15.6. The maximum atomic E-state index is 11.5. The molecule has 0 saturated heterocycles. The van der Waals surface area contributed by atoms with E-state index < -0.39 is 5.60 Å². The maximum Gasteiger partial charge on any atom is 0.420 e. The number of hydrogen-bond donors (Lipinski definition) is 0. The lowest BCUT2D eigenvalue weighted by Gasteiger charge is -2.22. The van der Waals surface area contributed by atoms with E-state index in [1.807, 2.05) is 43.6 Å². The second kappa shape index (κ2) is 7.00. The summed E-state index contributed by atoms with van der Waals surface area (Å²) >= 11 is 1.92. The van der Waals surface area contributed by atoms with Crippen LogP contribution in [0.15, 0.2) is 0 Å². The molecule has 1 unspecified atom stereocenters. The number of hydrogen-bond acceptors (Lipinski definition) is 2. The Hall–Kier alpha value is -0.440. The molecule has 4 heteroatoms. The van der Waals surface area contributed by atoms with Crippen molar-refractivity contribution in [2.75, 3.05) is 6.54 Å². The monoisotopic (exact) mass is 337 g/mol. The lowest BCUT2D eigenvalue weighted by molar-refractivity contribution is 0.0442. The summed E-state index contributed by atoms with van der Waals surface area (Å²) in [5.74, 6) is 6.42. The van der Waals surface area contributed by atoms with Gasteiger partial charge in [0.1, 0.15) is 5.60 Å². The van der Waals surface area contributed by atoms with Crippen LogP contribution >= 0.6 is 22.9 Å². The molecule has 0 aliphatic carbocycles. The summed E-state index contributed by atoms with van der Waals surface area (Å²) in [4.78, 5) is 11.5. The van der Waals surface area contributed by atoms with Gasteiger partial charge in [-0.25, -0.2) is 7.91 Å². The molecule has 0 rings (SSSR count). The van der Waals surface area contributed by atoms with Crippen molar-refractivity contribution < 1.29 is 9.53 Å². The minimum atomic E-state index is -0.454. The molecule has 92 valence electrons. The highest BCUT2D eigenvalue weighted by Crippen LogP contribution is 2.12. The van der Waals surface area contributed by atoms with Crippen molar-refractivity contribution >= 4 is 29.0 Å². The van der Waals surface area contributed by atoms with E-state index >= 15 is 0 Å². The molecule has 1 atom stereocenters. The van der Waals surface area contributed by atoms with Crippen molar-refractivity contribution in [2.24, 2.45) is 5.92 Å². The van der Waals surface area contributed by atoms with Crippen LogP contribution in [0.1, 0.15) is 41.0 Å². The van der Waals surface area contributed by atoms with Crippen molar-refractivity contribution in [3.63, 3.8) is 0 Å². The predicted molar refractivity (Wildman–Crippen MR) is 74.2 cm³/mol. The van der Waals surface area contributed by atoms with E-state index in [0.29, 0.717) is 12.5 Å². The summed E-state index contributed by atoms with van der Waals surface area (Å²) in [7, 11) is 0. The lowest BCUT2D eigenvalue weighted by Crippen LogP contribution is -2.31. The van der Waals surface area contributed by atoms with E-state index in [1.54, 1.807) is 0 Å². The molecule has 0 aromatic heterocycles. The highest BCUT2D eigenvalue weighted by molar-refractivity contribution is 14.1. The van der Waals surface area contributed by atoms with Crippen molar-refractivity contribution in [2.45, 2.75) is 46.6 Å². The van der Waals surface area contributed by atoms with Gasteiger partial charge in [-0.2, -0.15) is 0 Å². The van der Waals surface area contributed by atoms with Gasteiger partial charge < -0.3 is 4.74 Å². The van der Waals surface area contributed by atoms with Gasteiger partial charge in [0.15, 0.2) is 0 Å². The number of rotatable bonds is 2. The zero-order valence-electron chi connectivity index (χ0n) is 10.6. The molecule has 0 heterocycles. The van der Waals surface area contributed by atoms with Crippen LogP contribution in [0, 0.1) is 17.8 Å². The SMILES string of the molecule is CCC(C)C#CCN(I)C(=O)OC(C)(C)C. The molecular formula is C12H20INO2. The van der Waals surface area contributed by atoms with Crippen LogP contribution in [0.4, 0.5) is 4.79 Å². The second-order valence-corrected chi connectivity index (χ2v) is 5.80. The number of carbonyl (C=O) groups is 1. The third-order valence-electron chi connectivity index (χ3n) is 1.77. The first-order chi connectivity index (χ1) is 7.26. The molecule has 0 radical (unpaired) electrons. The second-order valence-electron chi connectivity index (χ2n) is 4.63. The van der Waals surface area contributed by atoms with Crippen molar-refractivity contribution in [1.29, 1.82) is 0 Å². The summed E-state index contributed by atoms with van der Waals surface area (Å²) in [6.07, 6.45) is 0.687. The van der Waals surface area contributed by atoms with Crippen molar-refractivity contribution in [3.05, 3.63) is 0 Å². The van der Waals surface area contributed by atoms with Crippen LogP contribution in [-0.4, -0.2) is 21.4 Å².